The molecule has 8 heteroatoms. The molecule has 2 rings (SSSR count). The maximum absolute atomic E-state index is 12.2. The number of methoxy groups -OCH3 is 1. The summed E-state index contributed by atoms with van der Waals surface area (Å²) in [6.45, 7) is 3.47. The Kier molecular flexibility index (Phi) is 6.06. The molecule has 0 N–H and O–H groups in total. The Balaban J connectivity index is 2.19. The number of esters is 1. The maximum Gasteiger partial charge on any atom is 0.325 e. The van der Waals surface area contributed by atoms with E-state index in [4.69, 9.17) is 4.74 Å². The number of halogens is 1. The van der Waals surface area contributed by atoms with Crippen LogP contribution in [0.5, 0.6) is 5.75 Å². The van der Waals surface area contributed by atoms with Gasteiger partial charge in [-0.05, 0) is 65.3 Å². The van der Waals surface area contributed by atoms with Crippen LogP contribution in [0.4, 0.5) is 4.79 Å². The SMILES string of the molecule is COC(=O)CN1C(=O)SC(=Cc2ccc(OC(C)C)c(Br)c2)C1=O. The predicted octanol–water partition coefficient (Wildman–Crippen LogP) is 3.45. The third-order valence-electron chi connectivity index (χ3n) is 3.00. The lowest BCUT2D eigenvalue weighted by atomic mass is 10.2. The quantitative estimate of drug-likeness (QED) is 0.543. The molecule has 1 fully saturated rings. The Hall–Kier alpha value is -1.80. The minimum atomic E-state index is -0.642. The Labute approximate surface area is 152 Å². The molecule has 1 aliphatic rings. The van der Waals surface area contributed by atoms with Gasteiger partial charge >= 0.3 is 5.97 Å². The molecule has 0 aromatic heterocycles. The zero-order valence-electron chi connectivity index (χ0n) is 13.4. The average molecular weight is 414 g/mol. The van der Waals surface area contributed by atoms with Crippen LogP contribution in [0.1, 0.15) is 19.4 Å². The number of amides is 2. The highest BCUT2D eigenvalue weighted by molar-refractivity contribution is 9.10. The lowest BCUT2D eigenvalue weighted by Gasteiger charge is -2.12. The first-order chi connectivity index (χ1) is 11.3. The van der Waals surface area contributed by atoms with Crippen molar-refractivity contribution in [2.75, 3.05) is 13.7 Å². The fourth-order valence-corrected chi connectivity index (χ4v) is 3.27. The monoisotopic (exact) mass is 413 g/mol. The van der Waals surface area contributed by atoms with E-state index in [1.807, 2.05) is 13.8 Å². The highest BCUT2D eigenvalue weighted by Gasteiger charge is 2.36. The van der Waals surface area contributed by atoms with Gasteiger partial charge in [0.1, 0.15) is 12.3 Å². The number of ether oxygens (including phenoxy) is 2. The molecule has 0 aliphatic carbocycles. The van der Waals surface area contributed by atoms with Gasteiger partial charge < -0.3 is 9.47 Å². The van der Waals surface area contributed by atoms with Crippen molar-refractivity contribution < 1.29 is 23.9 Å². The third kappa shape index (κ3) is 4.39. The van der Waals surface area contributed by atoms with E-state index in [1.165, 1.54) is 7.11 Å². The summed E-state index contributed by atoms with van der Waals surface area (Å²) in [6.07, 6.45) is 1.65. The molecule has 1 saturated heterocycles. The normalized spacial score (nSPS) is 16.2. The van der Waals surface area contributed by atoms with E-state index in [0.717, 1.165) is 26.7 Å². The number of imide groups is 1. The van der Waals surface area contributed by atoms with Gasteiger partial charge in [0.15, 0.2) is 0 Å². The van der Waals surface area contributed by atoms with E-state index >= 15 is 0 Å². The molecule has 6 nitrogen and oxygen atoms in total. The summed E-state index contributed by atoms with van der Waals surface area (Å²) in [4.78, 5) is 36.5. The highest BCUT2D eigenvalue weighted by Crippen LogP contribution is 2.34. The molecule has 0 spiro atoms. The fourth-order valence-electron chi connectivity index (χ4n) is 1.94. The second kappa shape index (κ2) is 7.85. The van der Waals surface area contributed by atoms with Crippen molar-refractivity contribution >= 4 is 50.9 Å². The topological polar surface area (TPSA) is 72.9 Å². The van der Waals surface area contributed by atoms with Gasteiger partial charge in [-0.25, -0.2) is 0 Å². The molecule has 2 amide bonds. The van der Waals surface area contributed by atoms with Crippen molar-refractivity contribution in [1.82, 2.24) is 4.90 Å². The van der Waals surface area contributed by atoms with E-state index < -0.39 is 17.1 Å². The fraction of sp³-hybridized carbons (Fsp3) is 0.312. The van der Waals surface area contributed by atoms with E-state index in [9.17, 15) is 14.4 Å². The van der Waals surface area contributed by atoms with Crippen LogP contribution in [0.25, 0.3) is 6.08 Å². The van der Waals surface area contributed by atoms with Crippen LogP contribution in [-0.4, -0.2) is 41.8 Å². The van der Waals surface area contributed by atoms with Gasteiger partial charge in [-0.2, -0.15) is 0 Å². The summed E-state index contributed by atoms with van der Waals surface area (Å²) in [5.74, 6) is -0.452. The molecule has 128 valence electrons. The van der Waals surface area contributed by atoms with Crippen molar-refractivity contribution in [2.45, 2.75) is 20.0 Å². The van der Waals surface area contributed by atoms with Gasteiger partial charge in [0.05, 0.1) is 22.6 Å². The zero-order valence-corrected chi connectivity index (χ0v) is 15.8. The Morgan fingerprint density at radius 3 is 2.67 bits per heavy atom. The van der Waals surface area contributed by atoms with Crippen LogP contribution in [0.2, 0.25) is 0 Å². The zero-order chi connectivity index (χ0) is 17.9. The lowest BCUT2D eigenvalue weighted by Crippen LogP contribution is -2.34. The highest BCUT2D eigenvalue weighted by atomic mass is 79.9. The third-order valence-corrected chi connectivity index (χ3v) is 4.53. The van der Waals surface area contributed by atoms with E-state index in [1.54, 1.807) is 24.3 Å². The molecule has 1 aromatic carbocycles. The number of nitrogens with zero attached hydrogens (tertiary/aromatic N) is 1. The molecule has 0 saturated carbocycles. The number of carbonyl (C=O) groups excluding carboxylic acids is 3. The number of thioether (sulfide) groups is 1. The molecule has 1 aromatic rings. The summed E-state index contributed by atoms with van der Waals surface area (Å²) in [5, 5.41) is -0.490. The van der Waals surface area contributed by atoms with Gasteiger partial charge in [0, 0.05) is 0 Å². The standard InChI is InChI=1S/C16H16BrNO5S/c1-9(2)23-12-5-4-10(6-11(12)17)7-13-15(20)18(16(21)24-13)8-14(19)22-3/h4-7,9H,8H2,1-3H3. The molecule has 0 atom stereocenters. The molecule has 1 heterocycles. The summed E-state index contributed by atoms with van der Waals surface area (Å²) in [6, 6.07) is 5.37. The molecular weight excluding hydrogens is 398 g/mol. The number of hydrogen-bond acceptors (Lipinski definition) is 6. The van der Waals surface area contributed by atoms with Crippen molar-refractivity contribution in [3.63, 3.8) is 0 Å². The smallest absolute Gasteiger partial charge is 0.325 e. The van der Waals surface area contributed by atoms with Gasteiger partial charge in [0.2, 0.25) is 0 Å². The second-order valence-electron chi connectivity index (χ2n) is 5.20. The van der Waals surface area contributed by atoms with Crippen molar-refractivity contribution in [3.8, 4) is 5.75 Å². The van der Waals surface area contributed by atoms with Gasteiger partial charge in [-0.1, -0.05) is 6.07 Å². The summed E-state index contributed by atoms with van der Waals surface area (Å²) < 4.78 is 10.9. The van der Waals surface area contributed by atoms with Crippen LogP contribution >= 0.6 is 27.7 Å². The average Bonchev–Trinajstić information content (AvgIpc) is 2.77. The number of hydrogen-bond donors (Lipinski definition) is 0. The van der Waals surface area contributed by atoms with Crippen molar-refractivity contribution in [2.24, 2.45) is 0 Å². The van der Waals surface area contributed by atoms with Gasteiger partial charge in [-0.15, -0.1) is 0 Å². The van der Waals surface area contributed by atoms with E-state index in [2.05, 4.69) is 20.7 Å². The van der Waals surface area contributed by atoms with Crippen LogP contribution in [0.15, 0.2) is 27.6 Å². The maximum atomic E-state index is 12.2. The second-order valence-corrected chi connectivity index (χ2v) is 7.05. The minimum absolute atomic E-state index is 0.0435. The van der Waals surface area contributed by atoms with E-state index in [0.29, 0.717) is 5.75 Å². The first-order valence-corrected chi connectivity index (χ1v) is 8.71. The van der Waals surface area contributed by atoms with Crippen molar-refractivity contribution in [3.05, 3.63) is 33.1 Å². The molecule has 24 heavy (non-hydrogen) atoms. The van der Waals surface area contributed by atoms with Gasteiger partial charge in [-0.3, -0.25) is 19.3 Å². The first kappa shape index (κ1) is 18.5. The number of carbonyl (C=O) groups is 3. The molecule has 0 radical (unpaired) electrons. The Morgan fingerprint density at radius 2 is 2.08 bits per heavy atom. The van der Waals surface area contributed by atoms with Crippen LogP contribution in [-0.2, 0) is 14.3 Å². The number of benzene rings is 1. The molecule has 1 aliphatic heterocycles. The Bertz CT molecular complexity index is 716. The van der Waals surface area contributed by atoms with E-state index in [-0.39, 0.29) is 17.6 Å². The Morgan fingerprint density at radius 1 is 1.38 bits per heavy atom. The minimum Gasteiger partial charge on any atom is -0.490 e. The summed E-state index contributed by atoms with van der Waals surface area (Å²) in [7, 11) is 1.20. The van der Waals surface area contributed by atoms with Crippen molar-refractivity contribution in [1.29, 1.82) is 0 Å². The predicted molar refractivity (Wildman–Crippen MR) is 94.6 cm³/mol. The lowest BCUT2D eigenvalue weighted by molar-refractivity contribution is -0.143. The number of rotatable bonds is 5. The summed E-state index contributed by atoms with van der Waals surface area (Å²) in [5.41, 5.74) is 0.738. The van der Waals surface area contributed by atoms with Crippen LogP contribution in [0, 0.1) is 0 Å². The van der Waals surface area contributed by atoms with Crippen LogP contribution in [0.3, 0.4) is 0 Å². The first-order valence-electron chi connectivity index (χ1n) is 7.10. The molecule has 0 bridgehead atoms. The largest absolute Gasteiger partial charge is 0.490 e. The van der Waals surface area contributed by atoms with Gasteiger partial charge in [0.25, 0.3) is 11.1 Å². The molecular formula is C16H16BrNO5S. The molecule has 0 unspecified atom stereocenters. The van der Waals surface area contributed by atoms with Crippen LogP contribution < -0.4 is 4.74 Å². The summed E-state index contributed by atoms with van der Waals surface area (Å²) >= 11 is 4.22.